The number of fused-ring (bicyclic) bond motifs is 2. The molecule has 0 saturated heterocycles. The molecule has 0 spiro atoms. The Kier molecular flexibility index (Phi) is 4.24. The second-order valence-corrected chi connectivity index (χ2v) is 10.6. The molecule has 0 atom stereocenters. The lowest BCUT2D eigenvalue weighted by molar-refractivity contribution is -0.110. The second kappa shape index (κ2) is 6.44. The number of ketones is 1. The molecule has 1 aliphatic carbocycles. The summed E-state index contributed by atoms with van der Waals surface area (Å²) >= 11 is 0. The van der Waals surface area contributed by atoms with E-state index in [9.17, 15) is 4.79 Å². The third-order valence-electron chi connectivity index (χ3n) is 5.62. The van der Waals surface area contributed by atoms with Crippen molar-refractivity contribution in [1.29, 1.82) is 0 Å². The first-order valence-electron chi connectivity index (χ1n) is 9.25. The standard InChI is InChI=1S/C24H24OS/c1-4-26(5-2)22-13-9-8-12-20(22)24(19-11-7-6-10-17(19)3)21-15-14-18(25)16-23(21)26/h6-16H,4-5H2,1-3H3. The first-order valence-corrected chi connectivity index (χ1v) is 11.2. The summed E-state index contributed by atoms with van der Waals surface area (Å²) in [5, 5.41) is 0. The van der Waals surface area contributed by atoms with Gasteiger partial charge in [-0.25, -0.2) is 0 Å². The molecule has 0 bridgehead atoms. The molecule has 4 rings (SSSR count). The summed E-state index contributed by atoms with van der Waals surface area (Å²) in [6.07, 6.45) is 5.69. The summed E-state index contributed by atoms with van der Waals surface area (Å²) in [6, 6.07) is 17.4. The Morgan fingerprint density at radius 2 is 1.50 bits per heavy atom. The molecule has 0 N–H and O–H groups in total. The van der Waals surface area contributed by atoms with Gasteiger partial charge in [0.05, 0.1) is 0 Å². The SMILES string of the molecule is CCS1(CC)C2=CC(=O)C=CC2=C(c2ccccc2C)c2ccccc21. The van der Waals surface area contributed by atoms with Crippen molar-refractivity contribution in [2.24, 2.45) is 0 Å². The van der Waals surface area contributed by atoms with Gasteiger partial charge in [0.2, 0.25) is 0 Å². The van der Waals surface area contributed by atoms with Crippen molar-refractivity contribution in [2.75, 3.05) is 11.5 Å². The van der Waals surface area contributed by atoms with Gasteiger partial charge < -0.3 is 0 Å². The fourth-order valence-corrected chi connectivity index (χ4v) is 8.03. The maximum absolute atomic E-state index is 12.3. The summed E-state index contributed by atoms with van der Waals surface area (Å²) in [5.74, 6) is 2.25. The molecule has 2 aromatic carbocycles. The lowest BCUT2D eigenvalue weighted by Gasteiger charge is -2.47. The van der Waals surface area contributed by atoms with Gasteiger partial charge in [0.15, 0.2) is 5.78 Å². The van der Waals surface area contributed by atoms with Crippen molar-refractivity contribution in [3.63, 3.8) is 0 Å². The molecule has 132 valence electrons. The van der Waals surface area contributed by atoms with E-state index < -0.39 is 10.0 Å². The molecule has 2 aromatic rings. The minimum Gasteiger partial charge on any atom is -0.290 e. The van der Waals surface area contributed by atoms with Crippen LogP contribution in [0.4, 0.5) is 0 Å². The normalized spacial score (nSPS) is 18.9. The van der Waals surface area contributed by atoms with Gasteiger partial charge in [-0.3, -0.25) is 4.79 Å². The third kappa shape index (κ3) is 2.36. The largest absolute Gasteiger partial charge is 0.290 e. The van der Waals surface area contributed by atoms with Gasteiger partial charge in [0.25, 0.3) is 0 Å². The predicted molar refractivity (Wildman–Crippen MR) is 113 cm³/mol. The molecular weight excluding hydrogens is 336 g/mol. The highest BCUT2D eigenvalue weighted by Gasteiger charge is 2.38. The maximum atomic E-state index is 12.3. The van der Waals surface area contributed by atoms with Gasteiger partial charge in [-0.1, -0.05) is 56.3 Å². The Morgan fingerprint density at radius 1 is 0.846 bits per heavy atom. The first kappa shape index (κ1) is 17.1. The van der Waals surface area contributed by atoms with Crippen molar-refractivity contribution in [2.45, 2.75) is 25.7 Å². The van der Waals surface area contributed by atoms with Crippen LogP contribution in [0.2, 0.25) is 0 Å². The van der Waals surface area contributed by atoms with Crippen LogP contribution in [0.3, 0.4) is 0 Å². The highest BCUT2D eigenvalue weighted by Crippen LogP contribution is 2.69. The first-order chi connectivity index (χ1) is 12.6. The maximum Gasteiger partial charge on any atom is 0.179 e. The minimum absolute atomic E-state index is 0.117. The Labute approximate surface area is 157 Å². The molecule has 2 heteroatoms. The fourth-order valence-electron chi connectivity index (χ4n) is 4.28. The molecule has 1 heterocycles. The van der Waals surface area contributed by atoms with E-state index in [0.717, 1.165) is 11.5 Å². The molecule has 1 aliphatic heterocycles. The van der Waals surface area contributed by atoms with Crippen LogP contribution >= 0.6 is 10.0 Å². The van der Waals surface area contributed by atoms with Crippen LogP contribution in [0.1, 0.15) is 30.5 Å². The lowest BCUT2D eigenvalue weighted by atomic mass is 9.88. The van der Waals surface area contributed by atoms with Crippen molar-refractivity contribution in [3.05, 3.63) is 93.9 Å². The Morgan fingerprint density at radius 3 is 2.19 bits per heavy atom. The Bertz CT molecular complexity index is 987. The molecular formula is C24H24OS. The van der Waals surface area contributed by atoms with Crippen LogP contribution in [0.15, 0.2) is 82.1 Å². The number of allylic oxidation sites excluding steroid dienone is 4. The van der Waals surface area contributed by atoms with E-state index in [-0.39, 0.29) is 5.78 Å². The van der Waals surface area contributed by atoms with Crippen LogP contribution < -0.4 is 0 Å². The van der Waals surface area contributed by atoms with E-state index in [1.165, 1.54) is 37.6 Å². The lowest BCUT2D eigenvalue weighted by Crippen LogP contribution is -2.20. The molecule has 1 nitrogen and oxygen atoms in total. The zero-order valence-corrected chi connectivity index (χ0v) is 16.4. The van der Waals surface area contributed by atoms with E-state index in [1.807, 2.05) is 6.08 Å². The molecule has 0 fully saturated rings. The molecule has 2 aliphatic rings. The number of hydrogen-bond donors (Lipinski definition) is 0. The van der Waals surface area contributed by atoms with Gasteiger partial charge in [0.1, 0.15) is 0 Å². The van der Waals surface area contributed by atoms with E-state index in [4.69, 9.17) is 0 Å². The topological polar surface area (TPSA) is 17.1 Å². The molecule has 26 heavy (non-hydrogen) atoms. The highest BCUT2D eigenvalue weighted by atomic mass is 32.3. The van der Waals surface area contributed by atoms with Gasteiger partial charge >= 0.3 is 0 Å². The summed E-state index contributed by atoms with van der Waals surface area (Å²) < 4.78 is 0. The molecule has 0 aromatic heterocycles. The van der Waals surface area contributed by atoms with Crippen LogP contribution in [0.5, 0.6) is 0 Å². The van der Waals surface area contributed by atoms with E-state index in [0.29, 0.717) is 0 Å². The Hall–Kier alpha value is -2.32. The van der Waals surface area contributed by atoms with Crippen LogP contribution in [-0.4, -0.2) is 17.3 Å². The Balaban J connectivity index is 2.14. The fraction of sp³-hybridized carbons (Fsp3) is 0.208. The number of hydrogen-bond acceptors (Lipinski definition) is 1. The van der Waals surface area contributed by atoms with Gasteiger partial charge in [-0.2, -0.15) is 10.0 Å². The molecule has 0 radical (unpaired) electrons. The zero-order valence-electron chi connectivity index (χ0n) is 15.6. The summed E-state index contributed by atoms with van der Waals surface area (Å²) in [4.78, 5) is 15.0. The van der Waals surface area contributed by atoms with Gasteiger partial charge in [0, 0.05) is 9.80 Å². The number of carbonyl (C=O) groups excluding carboxylic acids is 1. The second-order valence-electron chi connectivity index (χ2n) is 6.80. The van der Waals surface area contributed by atoms with E-state index >= 15 is 0 Å². The number of benzene rings is 2. The van der Waals surface area contributed by atoms with Gasteiger partial charge in [-0.05, 0) is 70.6 Å². The third-order valence-corrected chi connectivity index (χ3v) is 9.97. The zero-order chi connectivity index (χ0) is 18.3. The van der Waals surface area contributed by atoms with Crippen molar-refractivity contribution in [1.82, 2.24) is 0 Å². The average Bonchev–Trinajstić information content (AvgIpc) is 2.67. The van der Waals surface area contributed by atoms with E-state index in [2.05, 4.69) is 75.4 Å². The van der Waals surface area contributed by atoms with E-state index in [1.54, 1.807) is 6.08 Å². The van der Waals surface area contributed by atoms with Crippen molar-refractivity contribution >= 4 is 21.4 Å². The smallest absolute Gasteiger partial charge is 0.179 e. The number of rotatable bonds is 3. The van der Waals surface area contributed by atoms with Crippen LogP contribution in [-0.2, 0) is 4.79 Å². The summed E-state index contributed by atoms with van der Waals surface area (Å²) in [7, 11) is -1.19. The molecule has 0 unspecified atom stereocenters. The van der Waals surface area contributed by atoms with Crippen molar-refractivity contribution in [3.8, 4) is 0 Å². The quantitative estimate of drug-likeness (QED) is 0.652. The summed E-state index contributed by atoms with van der Waals surface area (Å²) in [6.45, 7) is 6.71. The van der Waals surface area contributed by atoms with Crippen LogP contribution in [0, 0.1) is 6.92 Å². The summed E-state index contributed by atoms with van der Waals surface area (Å²) in [5.41, 5.74) is 6.40. The molecule has 0 saturated carbocycles. The number of carbonyl (C=O) groups is 1. The predicted octanol–water partition coefficient (Wildman–Crippen LogP) is 6.04. The van der Waals surface area contributed by atoms with Crippen molar-refractivity contribution < 1.29 is 4.79 Å². The number of aryl methyl sites for hydroxylation is 1. The average molecular weight is 361 g/mol. The van der Waals surface area contributed by atoms with Gasteiger partial charge in [-0.15, -0.1) is 0 Å². The monoisotopic (exact) mass is 360 g/mol. The highest BCUT2D eigenvalue weighted by molar-refractivity contribution is 8.37. The minimum atomic E-state index is -1.19. The molecule has 0 amide bonds. The van der Waals surface area contributed by atoms with Crippen LogP contribution in [0.25, 0.3) is 5.57 Å².